The van der Waals surface area contributed by atoms with E-state index in [9.17, 15) is 0 Å². The van der Waals surface area contributed by atoms with Crippen LogP contribution in [0.4, 0.5) is 0 Å². The van der Waals surface area contributed by atoms with Crippen molar-refractivity contribution in [2.75, 3.05) is 34.4 Å². The molecule has 0 saturated heterocycles. The monoisotopic (exact) mass is 518 g/mol. The second-order valence-electron chi connectivity index (χ2n) is 6.92. The van der Waals surface area contributed by atoms with Crippen LogP contribution in [-0.4, -0.2) is 45.3 Å². The van der Waals surface area contributed by atoms with Crippen LogP contribution in [0.15, 0.2) is 29.4 Å². The minimum Gasteiger partial charge on any atom is -0.493 e. The molecule has 28 heavy (non-hydrogen) atoms. The quantitative estimate of drug-likeness (QED) is 0.317. The van der Waals surface area contributed by atoms with Gasteiger partial charge >= 0.3 is 0 Å². The van der Waals surface area contributed by atoms with E-state index in [-0.39, 0.29) is 29.4 Å². The summed E-state index contributed by atoms with van der Waals surface area (Å²) in [5.74, 6) is 2.26. The molecule has 0 saturated carbocycles. The fraction of sp³-hybridized carbons (Fsp3) is 0.500. The van der Waals surface area contributed by atoms with Gasteiger partial charge < -0.3 is 20.1 Å². The van der Waals surface area contributed by atoms with E-state index in [1.54, 1.807) is 32.6 Å². The highest BCUT2D eigenvalue weighted by Crippen LogP contribution is 2.32. The number of aryl methyl sites for hydroxylation is 1. The largest absolute Gasteiger partial charge is 0.493 e. The number of hydrogen-bond donors (Lipinski definition) is 2. The van der Waals surface area contributed by atoms with Crippen LogP contribution >= 0.6 is 35.3 Å². The number of ether oxygens (including phenoxy) is 2. The van der Waals surface area contributed by atoms with Crippen LogP contribution in [0.5, 0.6) is 11.5 Å². The summed E-state index contributed by atoms with van der Waals surface area (Å²) in [7, 11) is 5.09. The van der Waals surface area contributed by atoms with Crippen molar-refractivity contribution in [1.29, 1.82) is 0 Å². The Hall–Kier alpha value is -1.55. The summed E-state index contributed by atoms with van der Waals surface area (Å²) < 4.78 is 10.8. The summed E-state index contributed by atoms with van der Waals surface area (Å²) in [6.07, 6.45) is 2.80. The molecular weight excluding hydrogens is 487 g/mol. The van der Waals surface area contributed by atoms with Crippen molar-refractivity contribution in [3.8, 4) is 11.5 Å². The Morgan fingerprint density at radius 1 is 1.18 bits per heavy atom. The SMILES string of the molecule is CN=C(NCCc1ncc(C)s1)NCC(C)(C)c1ccc(OC)c(OC)c1.I. The zero-order valence-electron chi connectivity index (χ0n) is 17.5. The van der Waals surface area contributed by atoms with Gasteiger partial charge in [-0.2, -0.15) is 0 Å². The van der Waals surface area contributed by atoms with Crippen LogP contribution in [0.1, 0.15) is 29.3 Å². The first kappa shape index (κ1) is 24.5. The minimum absolute atomic E-state index is 0. The molecule has 1 heterocycles. The van der Waals surface area contributed by atoms with E-state index in [1.165, 1.54) is 10.4 Å². The molecule has 0 aliphatic carbocycles. The molecule has 2 rings (SSSR count). The van der Waals surface area contributed by atoms with Crippen LogP contribution < -0.4 is 20.1 Å². The number of methoxy groups -OCH3 is 2. The molecule has 6 nitrogen and oxygen atoms in total. The Bertz CT molecular complexity index is 777. The van der Waals surface area contributed by atoms with Gasteiger partial charge in [0.2, 0.25) is 0 Å². The van der Waals surface area contributed by atoms with E-state index in [1.807, 2.05) is 18.3 Å². The van der Waals surface area contributed by atoms with Gasteiger partial charge in [0.15, 0.2) is 17.5 Å². The van der Waals surface area contributed by atoms with Crippen molar-refractivity contribution in [3.63, 3.8) is 0 Å². The lowest BCUT2D eigenvalue weighted by molar-refractivity contribution is 0.353. The van der Waals surface area contributed by atoms with Gasteiger partial charge in [0.05, 0.1) is 19.2 Å². The molecule has 1 aromatic heterocycles. The topological polar surface area (TPSA) is 67.8 Å². The van der Waals surface area contributed by atoms with Gasteiger partial charge in [-0.25, -0.2) is 4.98 Å². The molecule has 0 unspecified atom stereocenters. The average Bonchev–Trinajstić information content (AvgIpc) is 3.08. The molecule has 0 aliphatic rings. The molecule has 0 aliphatic heterocycles. The summed E-state index contributed by atoms with van der Waals surface area (Å²) >= 11 is 1.73. The van der Waals surface area contributed by atoms with E-state index in [2.05, 4.69) is 47.4 Å². The van der Waals surface area contributed by atoms with Gasteiger partial charge in [-0.05, 0) is 24.6 Å². The number of rotatable bonds is 8. The van der Waals surface area contributed by atoms with Gasteiger partial charge in [0.1, 0.15) is 0 Å². The molecule has 0 fully saturated rings. The molecule has 0 radical (unpaired) electrons. The summed E-state index contributed by atoms with van der Waals surface area (Å²) in [5.41, 5.74) is 1.06. The number of benzene rings is 1. The number of guanidine groups is 1. The Morgan fingerprint density at radius 3 is 2.46 bits per heavy atom. The number of halogens is 1. The molecule has 0 bridgehead atoms. The third-order valence-corrected chi connectivity index (χ3v) is 5.36. The van der Waals surface area contributed by atoms with Gasteiger partial charge in [-0.15, -0.1) is 35.3 Å². The van der Waals surface area contributed by atoms with Crippen molar-refractivity contribution in [3.05, 3.63) is 39.8 Å². The summed E-state index contributed by atoms with van der Waals surface area (Å²) in [6.45, 7) is 7.98. The lowest BCUT2D eigenvalue weighted by atomic mass is 9.84. The number of aromatic nitrogens is 1. The van der Waals surface area contributed by atoms with Crippen molar-refractivity contribution < 1.29 is 9.47 Å². The normalized spacial score (nSPS) is 11.6. The van der Waals surface area contributed by atoms with Crippen LogP contribution in [0.2, 0.25) is 0 Å². The van der Waals surface area contributed by atoms with Crippen molar-refractivity contribution in [2.24, 2.45) is 4.99 Å². The van der Waals surface area contributed by atoms with Crippen molar-refractivity contribution >= 4 is 41.3 Å². The van der Waals surface area contributed by atoms with Crippen molar-refractivity contribution in [1.82, 2.24) is 15.6 Å². The molecule has 0 spiro atoms. The van der Waals surface area contributed by atoms with Gasteiger partial charge in [-0.3, -0.25) is 4.99 Å². The average molecular weight is 518 g/mol. The molecule has 0 amide bonds. The molecule has 2 N–H and O–H groups in total. The zero-order valence-corrected chi connectivity index (χ0v) is 20.6. The van der Waals surface area contributed by atoms with E-state index in [4.69, 9.17) is 9.47 Å². The smallest absolute Gasteiger partial charge is 0.191 e. The molecule has 156 valence electrons. The van der Waals surface area contributed by atoms with Crippen LogP contribution in [-0.2, 0) is 11.8 Å². The summed E-state index contributed by atoms with van der Waals surface area (Å²) in [6, 6.07) is 6.05. The van der Waals surface area contributed by atoms with E-state index >= 15 is 0 Å². The second-order valence-corrected chi connectivity index (χ2v) is 8.24. The number of hydrogen-bond acceptors (Lipinski definition) is 5. The van der Waals surface area contributed by atoms with Gasteiger partial charge in [-0.1, -0.05) is 19.9 Å². The maximum Gasteiger partial charge on any atom is 0.191 e. The van der Waals surface area contributed by atoms with Gasteiger partial charge in [0.25, 0.3) is 0 Å². The predicted octanol–water partition coefficient (Wildman–Crippen LogP) is 3.77. The maximum absolute atomic E-state index is 5.43. The highest BCUT2D eigenvalue weighted by atomic mass is 127. The Kier molecular flexibility index (Phi) is 10.0. The van der Waals surface area contributed by atoms with Crippen LogP contribution in [0.25, 0.3) is 0 Å². The minimum atomic E-state index is -0.108. The highest BCUT2D eigenvalue weighted by molar-refractivity contribution is 14.0. The molecular formula is C20H31IN4O2S. The number of thiazole rings is 1. The Labute approximate surface area is 189 Å². The third kappa shape index (κ3) is 6.80. The predicted molar refractivity (Wildman–Crippen MR) is 128 cm³/mol. The van der Waals surface area contributed by atoms with E-state index in [0.717, 1.165) is 42.0 Å². The maximum atomic E-state index is 5.43. The fourth-order valence-electron chi connectivity index (χ4n) is 2.69. The van der Waals surface area contributed by atoms with E-state index in [0.29, 0.717) is 0 Å². The first-order valence-corrected chi connectivity index (χ1v) is 9.79. The highest BCUT2D eigenvalue weighted by Gasteiger charge is 2.22. The lowest BCUT2D eigenvalue weighted by Gasteiger charge is -2.27. The number of nitrogens with zero attached hydrogens (tertiary/aromatic N) is 2. The first-order chi connectivity index (χ1) is 12.9. The zero-order chi connectivity index (χ0) is 19.9. The summed E-state index contributed by atoms with van der Waals surface area (Å²) in [4.78, 5) is 9.94. The summed E-state index contributed by atoms with van der Waals surface area (Å²) in [5, 5.41) is 7.91. The van der Waals surface area contributed by atoms with Crippen LogP contribution in [0, 0.1) is 6.92 Å². The standard InChI is InChI=1S/C20H30N4O2S.HI/c1-14-12-23-18(27-14)9-10-22-19(21-4)24-13-20(2,3)15-7-8-16(25-5)17(11-15)26-6;/h7-8,11-12H,9-10,13H2,1-6H3,(H2,21,22,24);1H. The van der Waals surface area contributed by atoms with Crippen molar-refractivity contribution in [2.45, 2.75) is 32.6 Å². The fourth-order valence-corrected chi connectivity index (χ4v) is 3.48. The van der Waals surface area contributed by atoms with E-state index < -0.39 is 0 Å². The number of aliphatic imine (C=N–C) groups is 1. The Balaban J connectivity index is 0.00000392. The molecule has 8 heteroatoms. The molecule has 2 aromatic rings. The first-order valence-electron chi connectivity index (χ1n) is 8.98. The Morgan fingerprint density at radius 2 is 1.89 bits per heavy atom. The molecule has 1 aromatic carbocycles. The van der Waals surface area contributed by atoms with Gasteiger partial charge in [0, 0.05) is 43.0 Å². The third-order valence-electron chi connectivity index (χ3n) is 4.39. The molecule has 0 atom stereocenters. The second kappa shape index (κ2) is 11.5. The number of nitrogens with one attached hydrogen (secondary N) is 2. The lowest BCUT2D eigenvalue weighted by Crippen LogP contribution is -2.44. The van der Waals surface area contributed by atoms with Crippen LogP contribution in [0.3, 0.4) is 0 Å².